The summed E-state index contributed by atoms with van der Waals surface area (Å²) in [5, 5.41) is 0. The van der Waals surface area contributed by atoms with Crippen molar-refractivity contribution in [1.29, 1.82) is 0 Å². The fourth-order valence-electron chi connectivity index (χ4n) is 2.46. The molecule has 0 spiro atoms. The predicted octanol–water partition coefficient (Wildman–Crippen LogP) is 1.34. The Balaban J connectivity index is 2.32. The molecule has 114 valence electrons. The summed E-state index contributed by atoms with van der Waals surface area (Å²) < 4.78 is 5.15. The number of nitrogens with zero attached hydrogens (tertiary/aromatic N) is 3. The lowest BCUT2D eigenvalue weighted by atomic mass is 10.0. The second-order valence-corrected chi connectivity index (χ2v) is 5.46. The van der Waals surface area contributed by atoms with Gasteiger partial charge in [-0.3, -0.25) is 0 Å². The van der Waals surface area contributed by atoms with Gasteiger partial charge in [0.1, 0.15) is 16.7 Å². The third-order valence-corrected chi connectivity index (χ3v) is 3.62. The smallest absolute Gasteiger partial charge is 0.328 e. The van der Waals surface area contributed by atoms with Gasteiger partial charge in [-0.05, 0) is 39.2 Å². The van der Waals surface area contributed by atoms with Gasteiger partial charge in [0.2, 0.25) is 5.95 Å². The van der Waals surface area contributed by atoms with Crippen molar-refractivity contribution in [3.05, 3.63) is 17.5 Å². The van der Waals surface area contributed by atoms with E-state index in [0.29, 0.717) is 18.2 Å². The number of esters is 1. The number of rotatable bonds is 4. The average Bonchev–Trinajstić information content (AvgIpc) is 2.46. The van der Waals surface area contributed by atoms with Crippen LogP contribution >= 0.6 is 12.2 Å². The summed E-state index contributed by atoms with van der Waals surface area (Å²) in [5.41, 5.74) is 6.96. The summed E-state index contributed by atoms with van der Waals surface area (Å²) in [6, 6.07) is 1.41. The van der Waals surface area contributed by atoms with E-state index in [1.807, 2.05) is 11.8 Å². The topological polar surface area (TPSA) is 81.3 Å². The predicted molar refractivity (Wildman–Crippen MR) is 84.3 cm³/mol. The zero-order valence-electron chi connectivity index (χ0n) is 12.3. The van der Waals surface area contributed by atoms with E-state index >= 15 is 0 Å². The minimum absolute atomic E-state index is 0.223. The maximum absolute atomic E-state index is 12.1. The van der Waals surface area contributed by atoms with Gasteiger partial charge < -0.3 is 15.4 Å². The molecule has 7 heteroatoms. The molecule has 1 aromatic rings. The van der Waals surface area contributed by atoms with Crippen LogP contribution < -0.4 is 10.6 Å². The third-order valence-electron chi connectivity index (χ3n) is 3.41. The number of ether oxygens (including phenoxy) is 1. The Morgan fingerprint density at radius 1 is 1.52 bits per heavy atom. The molecule has 0 aliphatic carbocycles. The van der Waals surface area contributed by atoms with Gasteiger partial charge in [-0.15, -0.1) is 0 Å². The molecule has 0 saturated carbocycles. The first-order valence-corrected chi connectivity index (χ1v) is 7.52. The molecule has 0 radical (unpaired) electrons. The van der Waals surface area contributed by atoms with Crippen molar-refractivity contribution in [3.8, 4) is 0 Å². The highest BCUT2D eigenvalue weighted by atomic mass is 32.1. The first-order chi connectivity index (χ1) is 10.0. The van der Waals surface area contributed by atoms with Gasteiger partial charge in [0.15, 0.2) is 0 Å². The summed E-state index contributed by atoms with van der Waals surface area (Å²) in [5.74, 6) is 0.273. The molecule has 1 aliphatic heterocycles. The molecule has 1 aromatic heterocycles. The Hall–Kier alpha value is -1.76. The minimum Gasteiger partial charge on any atom is -0.464 e. The number of carbonyl (C=O) groups excluding carboxylic acids is 1. The van der Waals surface area contributed by atoms with E-state index in [1.165, 1.54) is 0 Å². The summed E-state index contributed by atoms with van der Waals surface area (Å²) in [6.07, 6.45) is 2.74. The quantitative estimate of drug-likeness (QED) is 0.664. The molecule has 0 aromatic carbocycles. The van der Waals surface area contributed by atoms with E-state index in [9.17, 15) is 4.79 Å². The molecular weight excluding hydrogens is 288 g/mol. The molecule has 2 rings (SSSR count). The summed E-state index contributed by atoms with van der Waals surface area (Å²) in [4.78, 5) is 23.1. The Kier molecular flexibility index (Phi) is 5.06. The van der Waals surface area contributed by atoms with Crippen molar-refractivity contribution in [2.24, 2.45) is 5.73 Å². The van der Waals surface area contributed by atoms with E-state index in [1.54, 1.807) is 13.0 Å². The highest BCUT2D eigenvalue weighted by Gasteiger charge is 2.31. The van der Waals surface area contributed by atoms with Crippen molar-refractivity contribution in [2.45, 2.75) is 39.2 Å². The largest absolute Gasteiger partial charge is 0.464 e. The molecule has 2 heterocycles. The summed E-state index contributed by atoms with van der Waals surface area (Å²) >= 11 is 4.98. The van der Waals surface area contributed by atoms with Gasteiger partial charge in [0.25, 0.3) is 0 Å². The lowest BCUT2D eigenvalue weighted by Gasteiger charge is -2.34. The molecule has 1 saturated heterocycles. The number of aryl methyl sites for hydroxylation is 1. The maximum atomic E-state index is 12.1. The molecule has 0 bridgehead atoms. The highest BCUT2D eigenvalue weighted by molar-refractivity contribution is 7.80. The monoisotopic (exact) mass is 308 g/mol. The number of carbonyl (C=O) groups is 1. The number of piperidine rings is 1. The number of thiocarbonyl (C=S) groups is 1. The van der Waals surface area contributed by atoms with Crippen molar-refractivity contribution in [3.63, 3.8) is 0 Å². The van der Waals surface area contributed by atoms with Crippen LogP contribution in [0.15, 0.2) is 6.07 Å². The van der Waals surface area contributed by atoms with E-state index in [4.69, 9.17) is 22.7 Å². The minimum atomic E-state index is -0.334. The molecule has 0 amide bonds. The fraction of sp³-hybridized carbons (Fsp3) is 0.571. The van der Waals surface area contributed by atoms with E-state index in [2.05, 4.69) is 9.97 Å². The number of hydrogen-bond donors (Lipinski definition) is 1. The van der Waals surface area contributed by atoms with Crippen molar-refractivity contribution < 1.29 is 9.53 Å². The SMILES string of the molecule is CCOC(=O)C1CCCCN1c1nc(C)cc(C(N)=S)n1. The summed E-state index contributed by atoms with van der Waals surface area (Å²) in [7, 11) is 0. The number of hydrogen-bond acceptors (Lipinski definition) is 6. The zero-order chi connectivity index (χ0) is 15.4. The van der Waals surface area contributed by atoms with Crippen LogP contribution in [0.3, 0.4) is 0 Å². The van der Waals surface area contributed by atoms with Crippen LogP contribution in [0, 0.1) is 6.92 Å². The first-order valence-electron chi connectivity index (χ1n) is 7.11. The molecule has 6 nitrogen and oxygen atoms in total. The molecule has 1 aliphatic rings. The van der Waals surface area contributed by atoms with Gasteiger partial charge >= 0.3 is 5.97 Å². The van der Waals surface area contributed by atoms with Crippen LogP contribution in [0.1, 0.15) is 37.6 Å². The van der Waals surface area contributed by atoms with Gasteiger partial charge in [-0.2, -0.15) is 0 Å². The Bertz CT molecular complexity index is 550. The lowest BCUT2D eigenvalue weighted by molar-refractivity contribution is -0.145. The highest BCUT2D eigenvalue weighted by Crippen LogP contribution is 2.23. The van der Waals surface area contributed by atoms with Gasteiger partial charge in [-0.25, -0.2) is 14.8 Å². The normalized spacial score (nSPS) is 18.4. The van der Waals surface area contributed by atoms with Crippen LogP contribution in [-0.4, -0.2) is 40.1 Å². The Labute approximate surface area is 129 Å². The molecule has 2 N–H and O–H groups in total. The molecule has 1 fully saturated rings. The van der Waals surface area contributed by atoms with Crippen molar-refractivity contribution in [2.75, 3.05) is 18.1 Å². The van der Waals surface area contributed by atoms with Gasteiger partial charge in [0.05, 0.1) is 6.61 Å². The Morgan fingerprint density at radius 2 is 2.29 bits per heavy atom. The fourth-order valence-corrected chi connectivity index (χ4v) is 2.57. The number of aromatic nitrogens is 2. The number of anilines is 1. The van der Waals surface area contributed by atoms with Crippen molar-refractivity contribution >= 4 is 29.1 Å². The van der Waals surface area contributed by atoms with E-state index in [-0.39, 0.29) is 17.0 Å². The van der Waals surface area contributed by atoms with Crippen LogP contribution in [0.25, 0.3) is 0 Å². The van der Waals surface area contributed by atoms with E-state index in [0.717, 1.165) is 31.5 Å². The molecule has 1 atom stereocenters. The third kappa shape index (κ3) is 3.66. The molecule has 1 unspecified atom stereocenters. The zero-order valence-corrected chi connectivity index (χ0v) is 13.2. The van der Waals surface area contributed by atoms with Crippen LogP contribution in [-0.2, 0) is 9.53 Å². The molecular formula is C14H20N4O2S. The van der Waals surface area contributed by atoms with E-state index < -0.39 is 0 Å². The van der Waals surface area contributed by atoms with Gasteiger partial charge in [-0.1, -0.05) is 12.2 Å². The maximum Gasteiger partial charge on any atom is 0.328 e. The lowest BCUT2D eigenvalue weighted by Crippen LogP contribution is -2.46. The first kappa shape index (κ1) is 15.6. The summed E-state index contributed by atoms with van der Waals surface area (Å²) in [6.45, 7) is 4.76. The van der Waals surface area contributed by atoms with Crippen LogP contribution in [0.5, 0.6) is 0 Å². The van der Waals surface area contributed by atoms with Gasteiger partial charge in [0, 0.05) is 12.2 Å². The molecule has 21 heavy (non-hydrogen) atoms. The number of nitrogens with two attached hydrogens (primary N) is 1. The van der Waals surface area contributed by atoms with Crippen LogP contribution in [0.4, 0.5) is 5.95 Å². The second kappa shape index (κ2) is 6.80. The van der Waals surface area contributed by atoms with Crippen LogP contribution in [0.2, 0.25) is 0 Å². The average molecular weight is 308 g/mol. The van der Waals surface area contributed by atoms with Crippen molar-refractivity contribution in [1.82, 2.24) is 9.97 Å². The Morgan fingerprint density at radius 3 is 2.95 bits per heavy atom. The second-order valence-electron chi connectivity index (χ2n) is 5.02. The standard InChI is InChI=1S/C14H20N4O2S/c1-3-20-13(19)11-6-4-5-7-18(11)14-16-9(2)8-10(17-14)12(15)21/h8,11H,3-7H2,1-2H3,(H2,15,21).